The first kappa shape index (κ1) is 18.4. The van der Waals surface area contributed by atoms with Gasteiger partial charge in [-0.1, -0.05) is 36.4 Å². The van der Waals surface area contributed by atoms with E-state index in [9.17, 15) is 4.79 Å². The van der Waals surface area contributed by atoms with Gasteiger partial charge in [0.05, 0.1) is 13.2 Å². The number of nitrogens with one attached hydrogen (secondary N) is 1. The minimum Gasteiger partial charge on any atom is -0.489 e. The van der Waals surface area contributed by atoms with E-state index in [0.717, 1.165) is 50.6 Å². The van der Waals surface area contributed by atoms with Gasteiger partial charge >= 0.3 is 0 Å². The Balaban J connectivity index is 1.47. The molecule has 2 aromatic carbocycles. The molecule has 0 unspecified atom stereocenters. The SMILES string of the molecule is O=C(NCCCN1CCOCC1)c1ccccc1COc1ccccc1. The second-order valence-electron chi connectivity index (χ2n) is 6.32. The highest BCUT2D eigenvalue weighted by Gasteiger charge is 2.12. The predicted molar refractivity (Wildman–Crippen MR) is 101 cm³/mol. The number of benzene rings is 2. The molecule has 5 heteroatoms. The van der Waals surface area contributed by atoms with Crippen molar-refractivity contribution in [1.29, 1.82) is 0 Å². The maximum atomic E-state index is 12.5. The fourth-order valence-corrected chi connectivity index (χ4v) is 2.97. The Morgan fingerprint density at radius 3 is 2.58 bits per heavy atom. The summed E-state index contributed by atoms with van der Waals surface area (Å²) in [4.78, 5) is 14.9. The van der Waals surface area contributed by atoms with Crippen LogP contribution in [0.4, 0.5) is 0 Å². The molecule has 5 nitrogen and oxygen atoms in total. The molecule has 1 amide bonds. The van der Waals surface area contributed by atoms with E-state index >= 15 is 0 Å². The van der Waals surface area contributed by atoms with Crippen molar-refractivity contribution < 1.29 is 14.3 Å². The molecule has 138 valence electrons. The average Bonchev–Trinajstić information content (AvgIpc) is 2.71. The van der Waals surface area contributed by atoms with Gasteiger partial charge in [0.25, 0.3) is 5.91 Å². The summed E-state index contributed by atoms with van der Waals surface area (Å²) in [5.74, 6) is 0.757. The highest BCUT2D eigenvalue weighted by Crippen LogP contribution is 2.14. The van der Waals surface area contributed by atoms with Crippen molar-refractivity contribution in [2.24, 2.45) is 0 Å². The van der Waals surface area contributed by atoms with Gasteiger partial charge in [0.2, 0.25) is 0 Å². The summed E-state index contributed by atoms with van der Waals surface area (Å²) >= 11 is 0. The summed E-state index contributed by atoms with van der Waals surface area (Å²) in [6.45, 7) is 5.61. The largest absolute Gasteiger partial charge is 0.489 e. The van der Waals surface area contributed by atoms with Crippen molar-refractivity contribution in [3.63, 3.8) is 0 Å². The lowest BCUT2D eigenvalue weighted by Crippen LogP contribution is -2.38. The van der Waals surface area contributed by atoms with E-state index in [1.165, 1.54) is 0 Å². The summed E-state index contributed by atoms with van der Waals surface area (Å²) in [6, 6.07) is 17.2. The molecule has 0 aliphatic carbocycles. The van der Waals surface area contributed by atoms with Gasteiger partial charge in [-0.05, 0) is 31.2 Å². The van der Waals surface area contributed by atoms with E-state index in [1.54, 1.807) is 0 Å². The van der Waals surface area contributed by atoms with Gasteiger partial charge in [0, 0.05) is 30.8 Å². The predicted octanol–water partition coefficient (Wildman–Crippen LogP) is 2.72. The van der Waals surface area contributed by atoms with Crippen LogP contribution in [0.2, 0.25) is 0 Å². The van der Waals surface area contributed by atoms with Crippen molar-refractivity contribution >= 4 is 5.91 Å². The van der Waals surface area contributed by atoms with E-state index in [2.05, 4.69) is 10.2 Å². The van der Waals surface area contributed by atoms with Crippen molar-refractivity contribution in [3.8, 4) is 5.75 Å². The smallest absolute Gasteiger partial charge is 0.251 e. The number of hydrogen-bond acceptors (Lipinski definition) is 4. The van der Waals surface area contributed by atoms with E-state index in [4.69, 9.17) is 9.47 Å². The van der Waals surface area contributed by atoms with Gasteiger partial charge in [0.1, 0.15) is 12.4 Å². The standard InChI is InChI=1S/C21H26N2O3/c24-21(22-11-6-12-23-13-15-25-16-14-23)20-10-5-4-7-18(20)17-26-19-8-2-1-3-9-19/h1-5,7-10H,6,11-17H2,(H,22,24). The zero-order chi connectivity index (χ0) is 18.0. The number of nitrogens with zero attached hydrogens (tertiary/aromatic N) is 1. The maximum absolute atomic E-state index is 12.5. The summed E-state index contributed by atoms with van der Waals surface area (Å²) in [5, 5.41) is 3.02. The molecule has 2 aromatic rings. The fourth-order valence-electron chi connectivity index (χ4n) is 2.97. The Kier molecular flexibility index (Phi) is 7.05. The third-order valence-corrected chi connectivity index (χ3v) is 4.44. The van der Waals surface area contributed by atoms with Crippen LogP contribution in [0.15, 0.2) is 54.6 Å². The Morgan fingerprint density at radius 2 is 1.77 bits per heavy atom. The Hall–Kier alpha value is -2.37. The van der Waals surface area contributed by atoms with E-state index in [0.29, 0.717) is 18.7 Å². The molecule has 0 radical (unpaired) electrons. The number of carbonyl (C=O) groups excluding carboxylic acids is 1. The van der Waals surface area contributed by atoms with Crippen molar-refractivity contribution in [2.45, 2.75) is 13.0 Å². The van der Waals surface area contributed by atoms with Gasteiger partial charge in [-0.25, -0.2) is 0 Å². The molecule has 0 atom stereocenters. The molecule has 0 spiro atoms. The maximum Gasteiger partial charge on any atom is 0.251 e. The Bertz CT molecular complexity index is 685. The molecular formula is C21H26N2O3. The highest BCUT2D eigenvalue weighted by molar-refractivity contribution is 5.95. The molecule has 1 aliphatic heterocycles. The molecule has 1 saturated heterocycles. The molecule has 1 heterocycles. The third kappa shape index (κ3) is 5.58. The minimum atomic E-state index is -0.0424. The molecule has 1 N–H and O–H groups in total. The van der Waals surface area contributed by atoms with Crippen LogP contribution < -0.4 is 10.1 Å². The normalized spacial score (nSPS) is 14.8. The summed E-state index contributed by atoms with van der Waals surface area (Å²) in [6.07, 6.45) is 0.939. The van der Waals surface area contributed by atoms with E-state index < -0.39 is 0 Å². The number of amides is 1. The molecule has 0 bridgehead atoms. The van der Waals surface area contributed by atoms with Gasteiger partial charge < -0.3 is 14.8 Å². The number of para-hydroxylation sites is 1. The molecule has 3 rings (SSSR count). The molecule has 0 aromatic heterocycles. The first-order valence-electron chi connectivity index (χ1n) is 9.17. The molecule has 1 aliphatic rings. The van der Waals surface area contributed by atoms with Gasteiger partial charge in [-0.3, -0.25) is 9.69 Å². The topological polar surface area (TPSA) is 50.8 Å². The minimum absolute atomic E-state index is 0.0424. The number of carbonyl (C=O) groups is 1. The van der Waals surface area contributed by atoms with Crippen molar-refractivity contribution in [1.82, 2.24) is 10.2 Å². The van der Waals surface area contributed by atoms with Gasteiger partial charge in [-0.15, -0.1) is 0 Å². The average molecular weight is 354 g/mol. The number of morpholine rings is 1. The van der Waals surface area contributed by atoms with Gasteiger partial charge in [0.15, 0.2) is 0 Å². The lowest BCUT2D eigenvalue weighted by atomic mass is 10.1. The highest BCUT2D eigenvalue weighted by atomic mass is 16.5. The first-order chi connectivity index (χ1) is 12.8. The monoisotopic (exact) mass is 354 g/mol. The quantitative estimate of drug-likeness (QED) is 0.741. The third-order valence-electron chi connectivity index (χ3n) is 4.44. The number of hydrogen-bond donors (Lipinski definition) is 1. The van der Waals surface area contributed by atoms with Crippen LogP contribution in [0.1, 0.15) is 22.3 Å². The van der Waals surface area contributed by atoms with Crippen molar-refractivity contribution in [2.75, 3.05) is 39.4 Å². The van der Waals surface area contributed by atoms with Crippen LogP contribution in [0.5, 0.6) is 5.75 Å². The molecule has 1 fully saturated rings. The van der Waals surface area contributed by atoms with Crippen LogP contribution in [-0.4, -0.2) is 50.2 Å². The second-order valence-corrected chi connectivity index (χ2v) is 6.32. The van der Waals surface area contributed by atoms with Crippen LogP contribution >= 0.6 is 0 Å². The number of rotatable bonds is 8. The lowest BCUT2D eigenvalue weighted by molar-refractivity contribution is 0.0374. The van der Waals surface area contributed by atoms with Crippen LogP contribution in [0.3, 0.4) is 0 Å². The van der Waals surface area contributed by atoms with Crippen LogP contribution in [0.25, 0.3) is 0 Å². The Labute approximate surface area is 154 Å². The van der Waals surface area contributed by atoms with Crippen LogP contribution in [-0.2, 0) is 11.3 Å². The second kappa shape index (κ2) is 9.94. The fraction of sp³-hybridized carbons (Fsp3) is 0.381. The summed E-state index contributed by atoms with van der Waals surface area (Å²) in [5.41, 5.74) is 1.57. The lowest BCUT2D eigenvalue weighted by Gasteiger charge is -2.26. The summed E-state index contributed by atoms with van der Waals surface area (Å²) in [7, 11) is 0. The molecule has 0 saturated carbocycles. The van der Waals surface area contributed by atoms with Crippen molar-refractivity contribution in [3.05, 3.63) is 65.7 Å². The molecular weight excluding hydrogens is 328 g/mol. The summed E-state index contributed by atoms with van der Waals surface area (Å²) < 4.78 is 11.1. The molecule has 26 heavy (non-hydrogen) atoms. The first-order valence-corrected chi connectivity index (χ1v) is 9.17. The zero-order valence-electron chi connectivity index (χ0n) is 15.0. The van der Waals surface area contributed by atoms with E-state index in [1.807, 2.05) is 54.6 Å². The number of ether oxygens (including phenoxy) is 2. The van der Waals surface area contributed by atoms with E-state index in [-0.39, 0.29) is 5.91 Å². The zero-order valence-corrected chi connectivity index (χ0v) is 15.0. The van der Waals surface area contributed by atoms with Gasteiger partial charge in [-0.2, -0.15) is 0 Å². The Morgan fingerprint density at radius 1 is 1.04 bits per heavy atom. The van der Waals surface area contributed by atoms with Crippen LogP contribution in [0, 0.1) is 0 Å².